The van der Waals surface area contributed by atoms with E-state index in [0.717, 1.165) is 12.1 Å². The van der Waals surface area contributed by atoms with E-state index in [9.17, 15) is 22.0 Å². The number of sulfone groups is 1. The molecule has 3 aromatic carbocycles. The van der Waals surface area contributed by atoms with Gasteiger partial charge in [-0.3, -0.25) is 4.79 Å². The van der Waals surface area contributed by atoms with Crippen LogP contribution in [0.4, 0.5) is 14.5 Å². The van der Waals surface area contributed by atoms with Crippen LogP contribution in [-0.4, -0.2) is 20.1 Å². The number of hydrogen-bond acceptors (Lipinski definition) is 4. The van der Waals surface area contributed by atoms with Crippen molar-refractivity contribution >= 4 is 21.4 Å². The number of hydrogen-bond donors (Lipinski definition) is 1. The van der Waals surface area contributed by atoms with Crippen LogP contribution >= 0.6 is 0 Å². The van der Waals surface area contributed by atoms with Crippen LogP contribution in [0.25, 0.3) is 0 Å². The number of alkyl halides is 2. The van der Waals surface area contributed by atoms with Gasteiger partial charge in [-0.15, -0.1) is 0 Å². The molecule has 0 aliphatic carbocycles. The van der Waals surface area contributed by atoms with Crippen molar-refractivity contribution in [2.75, 3.05) is 5.32 Å². The summed E-state index contributed by atoms with van der Waals surface area (Å²) in [6, 6.07) is 20.2. The Kier molecular flexibility index (Phi) is 5.70. The lowest BCUT2D eigenvalue weighted by Gasteiger charge is -2.09. The van der Waals surface area contributed by atoms with Gasteiger partial charge in [0, 0.05) is 11.3 Å². The normalized spacial score (nSPS) is 11.2. The second-order valence-electron chi connectivity index (χ2n) is 5.72. The number of ether oxygens (including phenoxy) is 1. The highest BCUT2D eigenvalue weighted by atomic mass is 32.2. The average Bonchev–Trinajstić information content (AvgIpc) is 2.70. The van der Waals surface area contributed by atoms with Crippen LogP contribution in [0.3, 0.4) is 0 Å². The van der Waals surface area contributed by atoms with Crippen molar-refractivity contribution in [1.29, 1.82) is 0 Å². The van der Waals surface area contributed by atoms with Crippen molar-refractivity contribution in [2.24, 2.45) is 0 Å². The third kappa shape index (κ3) is 4.52. The smallest absolute Gasteiger partial charge is 0.341 e. The Morgan fingerprint density at radius 1 is 0.821 bits per heavy atom. The highest BCUT2D eigenvalue weighted by Gasteiger charge is 2.26. The van der Waals surface area contributed by atoms with Gasteiger partial charge in [0.2, 0.25) is 9.84 Å². The first kappa shape index (κ1) is 19.5. The summed E-state index contributed by atoms with van der Waals surface area (Å²) in [6.45, 7) is 0. The fraction of sp³-hybridized carbons (Fsp3) is 0.0500. The van der Waals surface area contributed by atoms with Gasteiger partial charge in [-0.1, -0.05) is 18.2 Å². The topological polar surface area (TPSA) is 72.5 Å². The number of nitrogens with one attached hydrogen (secondary N) is 1. The van der Waals surface area contributed by atoms with Crippen LogP contribution in [0.1, 0.15) is 10.4 Å². The summed E-state index contributed by atoms with van der Waals surface area (Å²) >= 11 is 0. The molecule has 0 spiro atoms. The molecule has 0 unspecified atom stereocenters. The summed E-state index contributed by atoms with van der Waals surface area (Å²) in [5, 5.41) is 2.64. The second-order valence-corrected chi connectivity index (χ2v) is 7.64. The molecule has 8 heteroatoms. The number of rotatable bonds is 6. The van der Waals surface area contributed by atoms with Gasteiger partial charge in [0.25, 0.3) is 5.91 Å². The van der Waals surface area contributed by atoms with E-state index in [4.69, 9.17) is 4.74 Å². The number of benzene rings is 3. The van der Waals surface area contributed by atoms with Crippen molar-refractivity contribution in [2.45, 2.75) is 10.7 Å². The SMILES string of the molecule is O=C(Nc1ccc(Oc2ccccc2)cc1)c1ccc(S(=O)(=O)C(F)F)cc1. The zero-order valence-corrected chi connectivity index (χ0v) is 15.2. The molecule has 0 saturated carbocycles. The van der Waals surface area contributed by atoms with Gasteiger partial charge < -0.3 is 10.1 Å². The number of anilines is 1. The molecule has 1 amide bonds. The Hall–Kier alpha value is -3.26. The van der Waals surface area contributed by atoms with E-state index < -0.39 is 26.4 Å². The van der Waals surface area contributed by atoms with Crippen LogP contribution in [0.2, 0.25) is 0 Å². The van der Waals surface area contributed by atoms with Crippen LogP contribution in [0.5, 0.6) is 11.5 Å². The molecule has 3 aromatic rings. The predicted molar refractivity (Wildman–Crippen MR) is 101 cm³/mol. The maximum Gasteiger partial charge on any atom is 0.341 e. The van der Waals surface area contributed by atoms with Crippen molar-refractivity contribution in [3.8, 4) is 11.5 Å². The molecule has 5 nitrogen and oxygen atoms in total. The standard InChI is InChI=1S/C20H15F2NO4S/c21-20(22)28(25,26)18-12-6-14(7-13-18)19(24)23-15-8-10-17(11-9-15)27-16-4-2-1-3-5-16/h1-13,20H,(H,23,24). The highest BCUT2D eigenvalue weighted by molar-refractivity contribution is 7.91. The summed E-state index contributed by atoms with van der Waals surface area (Å²) in [5.74, 6) is -2.74. The van der Waals surface area contributed by atoms with E-state index in [1.807, 2.05) is 30.3 Å². The molecular weight excluding hydrogens is 388 g/mol. The van der Waals surface area contributed by atoms with Gasteiger partial charge in [-0.05, 0) is 60.7 Å². The van der Waals surface area contributed by atoms with E-state index in [0.29, 0.717) is 17.2 Å². The van der Waals surface area contributed by atoms with Gasteiger partial charge in [0.05, 0.1) is 4.90 Å². The summed E-state index contributed by atoms with van der Waals surface area (Å²) in [6.07, 6.45) is 0. The van der Waals surface area contributed by atoms with Crippen molar-refractivity contribution in [1.82, 2.24) is 0 Å². The number of halogens is 2. The zero-order chi connectivity index (χ0) is 20.1. The average molecular weight is 403 g/mol. The molecule has 0 aliphatic rings. The number of para-hydroxylation sites is 1. The monoisotopic (exact) mass is 403 g/mol. The predicted octanol–water partition coefficient (Wildman–Crippen LogP) is 4.73. The lowest BCUT2D eigenvalue weighted by atomic mass is 10.2. The first-order valence-corrected chi connectivity index (χ1v) is 9.67. The number of carbonyl (C=O) groups excluding carboxylic acids is 1. The molecule has 0 aliphatic heterocycles. The largest absolute Gasteiger partial charge is 0.457 e. The first-order valence-electron chi connectivity index (χ1n) is 8.13. The molecule has 0 radical (unpaired) electrons. The minimum absolute atomic E-state index is 0.137. The summed E-state index contributed by atoms with van der Waals surface area (Å²) < 4.78 is 53.5. The molecule has 3 rings (SSSR count). The lowest BCUT2D eigenvalue weighted by Crippen LogP contribution is -2.14. The molecule has 0 aromatic heterocycles. The molecule has 0 heterocycles. The summed E-state index contributed by atoms with van der Waals surface area (Å²) in [7, 11) is -4.69. The molecule has 0 saturated heterocycles. The van der Waals surface area contributed by atoms with Crippen LogP contribution in [0.15, 0.2) is 83.8 Å². The molecule has 0 atom stereocenters. The van der Waals surface area contributed by atoms with E-state index >= 15 is 0 Å². The Balaban J connectivity index is 1.66. The van der Waals surface area contributed by atoms with Crippen molar-refractivity contribution < 1.29 is 26.7 Å². The van der Waals surface area contributed by atoms with E-state index in [2.05, 4.69) is 5.32 Å². The fourth-order valence-corrected chi connectivity index (χ4v) is 3.05. The molecule has 0 fully saturated rings. The van der Waals surface area contributed by atoms with Crippen molar-refractivity contribution in [3.63, 3.8) is 0 Å². The zero-order valence-electron chi connectivity index (χ0n) is 14.4. The molecule has 144 valence electrons. The molecule has 1 N–H and O–H groups in total. The van der Waals surface area contributed by atoms with Crippen molar-refractivity contribution in [3.05, 3.63) is 84.4 Å². The van der Waals surface area contributed by atoms with Gasteiger partial charge >= 0.3 is 5.76 Å². The summed E-state index contributed by atoms with van der Waals surface area (Å²) in [4.78, 5) is 11.7. The third-order valence-corrected chi connectivity index (χ3v) is 5.17. The van der Waals surface area contributed by atoms with E-state index in [1.165, 1.54) is 12.1 Å². The van der Waals surface area contributed by atoms with Gasteiger partial charge in [0.1, 0.15) is 11.5 Å². The van der Waals surface area contributed by atoms with Gasteiger partial charge in [0.15, 0.2) is 0 Å². The lowest BCUT2D eigenvalue weighted by molar-refractivity contribution is 0.102. The second kappa shape index (κ2) is 8.18. The molecular formula is C20H15F2NO4S. The minimum atomic E-state index is -4.69. The quantitative estimate of drug-likeness (QED) is 0.646. The Morgan fingerprint density at radius 3 is 1.96 bits per heavy atom. The Bertz CT molecular complexity index is 1050. The van der Waals surface area contributed by atoms with Gasteiger partial charge in [-0.2, -0.15) is 8.78 Å². The molecule has 28 heavy (non-hydrogen) atoms. The minimum Gasteiger partial charge on any atom is -0.457 e. The first-order chi connectivity index (χ1) is 13.4. The highest BCUT2D eigenvalue weighted by Crippen LogP contribution is 2.23. The number of amides is 1. The molecule has 0 bridgehead atoms. The summed E-state index contributed by atoms with van der Waals surface area (Å²) in [5.41, 5.74) is 0.632. The maximum atomic E-state index is 12.5. The van der Waals surface area contributed by atoms with E-state index in [1.54, 1.807) is 24.3 Å². The van der Waals surface area contributed by atoms with Crippen LogP contribution < -0.4 is 10.1 Å². The van der Waals surface area contributed by atoms with Gasteiger partial charge in [-0.25, -0.2) is 8.42 Å². The van der Waals surface area contributed by atoms with Crippen LogP contribution in [0, 0.1) is 0 Å². The van der Waals surface area contributed by atoms with E-state index in [-0.39, 0.29) is 5.56 Å². The third-order valence-electron chi connectivity index (χ3n) is 3.77. The van der Waals surface area contributed by atoms with Crippen LogP contribution in [-0.2, 0) is 9.84 Å². The number of carbonyl (C=O) groups is 1. The Morgan fingerprint density at radius 2 is 1.39 bits per heavy atom. The Labute approximate surface area is 160 Å². The maximum absolute atomic E-state index is 12.5. The fourth-order valence-electron chi connectivity index (χ4n) is 2.33.